The van der Waals surface area contributed by atoms with Crippen LogP contribution in [-0.4, -0.2) is 27.2 Å². The monoisotopic (exact) mass is 491 g/mol. The molecule has 1 unspecified atom stereocenters. The molecule has 1 aliphatic heterocycles. The Morgan fingerprint density at radius 2 is 1.89 bits per heavy atom. The molecule has 6 heteroatoms. The Morgan fingerprint density at radius 1 is 1.28 bits per heavy atom. The van der Waals surface area contributed by atoms with Crippen LogP contribution in [0.25, 0.3) is 0 Å². The van der Waals surface area contributed by atoms with Gasteiger partial charge in [0.05, 0.1) is 6.83 Å². The standard InChI is InChI=1S/C12H15I2NO2S/c1-9-4-6-10(7-5-9)18(16,17)15-8-2-3-11(15)12(13)14/h4-7,11-12H,2-3,8H2,1H3. The number of nitrogens with zero attached hydrogens (tertiary/aromatic N) is 1. The van der Waals surface area contributed by atoms with Crippen molar-refractivity contribution >= 4 is 55.2 Å². The zero-order chi connectivity index (χ0) is 13.3. The molecule has 0 aromatic heterocycles. The first-order valence-corrected chi connectivity index (χ1v) is 9.73. The maximum absolute atomic E-state index is 12.6. The van der Waals surface area contributed by atoms with Gasteiger partial charge in [0, 0.05) is 12.6 Å². The van der Waals surface area contributed by atoms with Gasteiger partial charge in [-0.25, -0.2) is 8.42 Å². The number of benzene rings is 1. The fraction of sp³-hybridized carbons (Fsp3) is 0.500. The highest BCUT2D eigenvalue weighted by Crippen LogP contribution is 2.33. The topological polar surface area (TPSA) is 37.4 Å². The van der Waals surface area contributed by atoms with Gasteiger partial charge in [-0.3, -0.25) is 0 Å². The SMILES string of the molecule is Cc1ccc(S(=O)(=O)N2CCCC2C(I)I)cc1. The van der Waals surface area contributed by atoms with Crippen LogP contribution in [0.4, 0.5) is 0 Å². The molecule has 100 valence electrons. The van der Waals surface area contributed by atoms with Gasteiger partial charge in [-0.05, 0) is 31.9 Å². The second-order valence-electron chi connectivity index (χ2n) is 4.47. The fourth-order valence-electron chi connectivity index (χ4n) is 2.16. The molecule has 1 aromatic carbocycles. The third-order valence-electron chi connectivity index (χ3n) is 3.17. The van der Waals surface area contributed by atoms with Crippen LogP contribution in [0.15, 0.2) is 29.2 Å². The molecule has 1 heterocycles. The average Bonchev–Trinajstić information content (AvgIpc) is 2.79. The minimum Gasteiger partial charge on any atom is -0.207 e. The van der Waals surface area contributed by atoms with Gasteiger partial charge in [0.25, 0.3) is 0 Å². The van der Waals surface area contributed by atoms with Crippen molar-refractivity contribution in [3.8, 4) is 0 Å². The molecule has 0 bridgehead atoms. The summed E-state index contributed by atoms with van der Waals surface area (Å²) >= 11 is 4.61. The lowest BCUT2D eigenvalue weighted by Crippen LogP contribution is -2.38. The van der Waals surface area contributed by atoms with Crippen molar-refractivity contribution < 1.29 is 8.42 Å². The number of halogens is 2. The Labute approximate surface area is 136 Å². The first kappa shape index (κ1) is 15.0. The van der Waals surface area contributed by atoms with Crippen molar-refractivity contribution in [2.45, 2.75) is 32.6 Å². The summed E-state index contributed by atoms with van der Waals surface area (Å²) in [5, 5.41) is 0. The molecule has 1 aromatic rings. The van der Waals surface area contributed by atoms with Crippen LogP contribution in [-0.2, 0) is 10.0 Å². The van der Waals surface area contributed by atoms with E-state index >= 15 is 0 Å². The van der Waals surface area contributed by atoms with Crippen LogP contribution < -0.4 is 0 Å². The van der Waals surface area contributed by atoms with Crippen molar-refractivity contribution in [2.24, 2.45) is 0 Å². The fourth-order valence-corrected chi connectivity index (χ4v) is 5.80. The zero-order valence-corrected chi connectivity index (χ0v) is 15.1. The van der Waals surface area contributed by atoms with Crippen LogP contribution in [0.5, 0.6) is 0 Å². The second-order valence-corrected chi connectivity index (χ2v) is 11.4. The second kappa shape index (κ2) is 5.92. The zero-order valence-electron chi connectivity index (χ0n) is 10.0. The molecule has 0 N–H and O–H groups in total. The Bertz CT molecular complexity index is 513. The van der Waals surface area contributed by atoms with E-state index in [1.807, 2.05) is 19.1 Å². The lowest BCUT2D eigenvalue weighted by atomic mass is 10.2. The van der Waals surface area contributed by atoms with Crippen LogP contribution in [0.3, 0.4) is 0 Å². The van der Waals surface area contributed by atoms with E-state index in [0.717, 1.165) is 18.4 Å². The number of alkyl halides is 2. The van der Waals surface area contributed by atoms with Crippen LogP contribution in [0.1, 0.15) is 18.4 Å². The maximum atomic E-state index is 12.6. The van der Waals surface area contributed by atoms with Crippen molar-refractivity contribution in [1.82, 2.24) is 4.31 Å². The van der Waals surface area contributed by atoms with Crippen molar-refractivity contribution in [3.63, 3.8) is 0 Å². The van der Waals surface area contributed by atoms with Gasteiger partial charge in [0.2, 0.25) is 10.0 Å². The van der Waals surface area contributed by atoms with E-state index in [-0.39, 0.29) is 6.04 Å². The first-order chi connectivity index (χ1) is 8.43. The van der Waals surface area contributed by atoms with Gasteiger partial charge < -0.3 is 0 Å². The molecule has 1 fully saturated rings. The average molecular weight is 491 g/mol. The van der Waals surface area contributed by atoms with E-state index in [1.165, 1.54) is 0 Å². The predicted octanol–water partition coefficient (Wildman–Crippen LogP) is 3.34. The summed E-state index contributed by atoms with van der Waals surface area (Å²) in [5.74, 6) is 0. The van der Waals surface area contributed by atoms with E-state index in [4.69, 9.17) is 0 Å². The Balaban J connectivity index is 2.33. The molecule has 1 atom stereocenters. The first-order valence-electron chi connectivity index (χ1n) is 5.79. The molecule has 1 saturated heterocycles. The Hall–Kier alpha value is 0.590. The quantitative estimate of drug-likeness (QED) is 0.481. The third kappa shape index (κ3) is 3.01. The maximum Gasteiger partial charge on any atom is 0.243 e. The van der Waals surface area contributed by atoms with Gasteiger partial charge in [-0.1, -0.05) is 62.9 Å². The summed E-state index contributed by atoms with van der Waals surface area (Å²) in [6, 6.07) is 7.23. The lowest BCUT2D eigenvalue weighted by molar-refractivity contribution is 0.411. The molecule has 0 amide bonds. The van der Waals surface area contributed by atoms with Gasteiger partial charge in [0.15, 0.2) is 0 Å². The highest BCUT2D eigenvalue weighted by atomic mass is 127. The molecule has 0 aliphatic carbocycles. The summed E-state index contributed by atoms with van der Waals surface area (Å²) in [5.41, 5.74) is 1.08. The van der Waals surface area contributed by atoms with E-state index in [1.54, 1.807) is 16.4 Å². The largest absolute Gasteiger partial charge is 0.243 e. The number of hydrogen-bond acceptors (Lipinski definition) is 2. The predicted molar refractivity (Wildman–Crippen MR) is 89.9 cm³/mol. The highest BCUT2D eigenvalue weighted by Gasteiger charge is 2.37. The highest BCUT2D eigenvalue weighted by molar-refractivity contribution is 14.2. The lowest BCUT2D eigenvalue weighted by Gasteiger charge is -2.25. The van der Waals surface area contributed by atoms with Crippen LogP contribution in [0, 0.1) is 6.92 Å². The summed E-state index contributed by atoms with van der Waals surface area (Å²) in [6.07, 6.45) is 1.92. The van der Waals surface area contributed by atoms with Gasteiger partial charge >= 0.3 is 0 Å². The summed E-state index contributed by atoms with van der Waals surface area (Å²) in [4.78, 5) is 0.411. The molecule has 2 rings (SSSR count). The molecular weight excluding hydrogens is 476 g/mol. The number of sulfonamides is 1. The molecule has 0 saturated carbocycles. The summed E-state index contributed by atoms with van der Waals surface area (Å²) < 4.78 is 27.1. The molecule has 0 radical (unpaired) electrons. The Kier molecular flexibility index (Phi) is 4.93. The van der Waals surface area contributed by atoms with Crippen molar-refractivity contribution in [1.29, 1.82) is 0 Å². The van der Waals surface area contributed by atoms with Gasteiger partial charge in [-0.15, -0.1) is 0 Å². The summed E-state index contributed by atoms with van der Waals surface area (Å²) in [6.45, 7) is 2.60. The van der Waals surface area contributed by atoms with E-state index in [9.17, 15) is 8.42 Å². The number of rotatable bonds is 3. The minimum atomic E-state index is -3.33. The third-order valence-corrected chi connectivity index (χ3v) is 6.77. The number of aryl methyl sites for hydroxylation is 1. The summed E-state index contributed by atoms with van der Waals surface area (Å²) in [7, 11) is -3.33. The van der Waals surface area contributed by atoms with E-state index in [0.29, 0.717) is 13.4 Å². The van der Waals surface area contributed by atoms with E-state index in [2.05, 4.69) is 45.2 Å². The van der Waals surface area contributed by atoms with Gasteiger partial charge in [-0.2, -0.15) is 4.31 Å². The van der Waals surface area contributed by atoms with Crippen molar-refractivity contribution in [2.75, 3.05) is 6.54 Å². The van der Waals surface area contributed by atoms with Crippen molar-refractivity contribution in [3.05, 3.63) is 29.8 Å². The van der Waals surface area contributed by atoms with Gasteiger partial charge in [0.1, 0.15) is 0 Å². The van der Waals surface area contributed by atoms with E-state index < -0.39 is 10.0 Å². The number of hydrogen-bond donors (Lipinski definition) is 0. The molecular formula is C12H15I2NO2S. The normalized spacial score (nSPS) is 21.7. The molecule has 18 heavy (non-hydrogen) atoms. The molecule has 1 aliphatic rings. The minimum absolute atomic E-state index is 0.123. The van der Waals surface area contributed by atoms with Crippen LogP contribution in [0.2, 0.25) is 0 Å². The smallest absolute Gasteiger partial charge is 0.207 e. The van der Waals surface area contributed by atoms with Crippen LogP contribution >= 0.6 is 45.2 Å². The molecule has 0 spiro atoms. The Morgan fingerprint density at radius 3 is 2.44 bits per heavy atom. The molecule has 3 nitrogen and oxygen atoms in total.